The lowest BCUT2D eigenvalue weighted by atomic mass is 10.2. The summed E-state index contributed by atoms with van der Waals surface area (Å²) in [7, 11) is 0. The van der Waals surface area contributed by atoms with E-state index in [1.165, 1.54) is 5.57 Å². The summed E-state index contributed by atoms with van der Waals surface area (Å²) in [6.45, 7) is 10.4. The van der Waals surface area contributed by atoms with E-state index in [1.54, 1.807) is 0 Å². The molecule has 1 heterocycles. The zero-order valence-electron chi connectivity index (χ0n) is 9.59. The quantitative estimate of drug-likeness (QED) is 0.702. The van der Waals surface area contributed by atoms with Crippen LogP contribution in [0.3, 0.4) is 0 Å². The third kappa shape index (κ3) is 4.22. The van der Waals surface area contributed by atoms with Crippen LogP contribution in [0.2, 0.25) is 0 Å². The highest BCUT2D eigenvalue weighted by Gasteiger charge is 2.27. The molecule has 1 aliphatic heterocycles. The molecule has 0 aromatic rings. The van der Waals surface area contributed by atoms with E-state index in [1.807, 2.05) is 13.8 Å². The number of nitrogens with one attached hydrogen (secondary N) is 1. The molecule has 0 aromatic carbocycles. The molecule has 0 atom stereocenters. The highest BCUT2D eigenvalue weighted by atomic mass is 16.7. The first-order chi connectivity index (χ1) is 6.49. The Morgan fingerprint density at radius 2 is 1.93 bits per heavy atom. The fraction of sp³-hybridized carbons (Fsp3) is 0.818. The summed E-state index contributed by atoms with van der Waals surface area (Å²) in [6.07, 6.45) is 2.17. The van der Waals surface area contributed by atoms with Gasteiger partial charge in [0.1, 0.15) is 0 Å². The Morgan fingerprint density at radius 1 is 1.36 bits per heavy atom. The summed E-state index contributed by atoms with van der Waals surface area (Å²) in [5.41, 5.74) is 1.33. The van der Waals surface area contributed by atoms with Crippen LogP contribution in [0.4, 0.5) is 0 Å². The zero-order valence-corrected chi connectivity index (χ0v) is 9.59. The van der Waals surface area contributed by atoms with Gasteiger partial charge in [-0.15, -0.1) is 0 Å². The van der Waals surface area contributed by atoms with Crippen LogP contribution in [0.1, 0.15) is 27.7 Å². The molecule has 3 nitrogen and oxygen atoms in total. The second kappa shape index (κ2) is 4.91. The van der Waals surface area contributed by atoms with Crippen LogP contribution in [0.5, 0.6) is 0 Å². The van der Waals surface area contributed by atoms with Gasteiger partial charge >= 0.3 is 0 Å². The van der Waals surface area contributed by atoms with Crippen molar-refractivity contribution < 1.29 is 9.47 Å². The van der Waals surface area contributed by atoms with Crippen LogP contribution in [0.15, 0.2) is 11.6 Å². The van der Waals surface area contributed by atoms with E-state index in [0.717, 1.165) is 19.8 Å². The molecule has 1 rings (SSSR count). The van der Waals surface area contributed by atoms with Gasteiger partial charge < -0.3 is 14.8 Å². The average molecular weight is 199 g/mol. The van der Waals surface area contributed by atoms with Crippen molar-refractivity contribution in [3.63, 3.8) is 0 Å². The van der Waals surface area contributed by atoms with Crippen molar-refractivity contribution in [2.75, 3.05) is 19.8 Å². The Hall–Kier alpha value is -0.380. The van der Waals surface area contributed by atoms with Crippen LogP contribution < -0.4 is 5.32 Å². The Balaban J connectivity index is 2.20. The average Bonchev–Trinajstić information content (AvgIpc) is 2.07. The van der Waals surface area contributed by atoms with Gasteiger partial charge in [0, 0.05) is 6.54 Å². The molecule has 1 fully saturated rings. The van der Waals surface area contributed by atoms with Gasteiger partial charge in [-0.3, -0.25) is 0 Å². The van der Waals surface area contributed by atoms with Gasteiger partial charge in [0.15, 0.2) is 5.79 Å². The minimum atomic E-state index is -0.408. The first-order valence-electron chi connectivity index (χ1n) is 5.14. The number of hydrogen-bond acceptors (Lipinski definition) is 3. The normalized spacial score (nSPS) is 22.0. The lowest BCUT2D eigenvalue weighted by molar-refractivity contribution is -0.252. The zero-order chi connectivity index (χ0) is 10.6. The van der Waals surface area contributed by atoms with Crippen LogP contribution >= 0.6 is 0 Å². The second-order valence-corrected chi connectivity index (χ2v) is 4.41. The number of rotatable bonds is 3. The highest BCUT2D eigenvalue weighted by molar-refractivity contribution is 4.95. The first kappa shape index (κ1) is 11.7. The molecule has 0 radical (unpaired) electrons. The first-order valence-corrected chi connectivity index (χ1v) is 5.14. The van der Waals surface area contributed by atoms with E-state index in [4.69, 9.17) is 9.47 Å². The molecule has 1 saturated heterocycles. The fourth-order valence-electron chi connectivity index (χ4n) is 1.24. The third-order valence-corrected chi connectivity index (χ3v) is 2.18. The van der Waals surface area contributed by atoms with Gasteiger partial charge in [0.2, 0.25) is 0 Å². The third-order valence-electron chi connectivity index (χ3n) is 2.18. The molecule has 1 N–H and O–H groups in total. The maximum Gasteiger partial charge on any atom is 0.162 e. The summed E-state index contributed by atoms with van der Waals surface area (Å²) < 4.78 is 11.1. The lowest BCUT2D eigenvalue weighted by Gasteiger charge is -2.35. The topological polar surface area (TPSA) is 30.5 Å². The van der Waals surface area contributed by atoms with Gasteiger partial charge in [-0.1, -0.05) is 11.6 Å². The van der Waals surface area contributed by atoms with Crippen molar-refractivity contribution >= 4 is 0 Å². The van der Waals surface area contributed by atoms with Crippen molar-refractivity contribution in [1.29, 1.82) is 0 Å². The van der Waals surface area contributed by atoms with E-state index >= 15 is 0 Å². The van der Waals surface area contributed by atoms with Crippen molar-refractivity contribution in [2.24, 2.45) is 0 Å². The number of allylic oxidation sites excluding steroid dienone is 1. The van der Waals surface area contributed by atoms with Crippen LogP contribution in [0.25, 0.3) is 0 Å². The second-order valence-electron chi connectivity index (χ2n) is 4.41. The largest absolute Gasteiger partial charge is 0.349 e. The van der Waals surface area contributed by atoms with Gasteiger partial charge in [-0.2, -0.15) is 0 Å². The van der Waals surface area contributed by atoms with Gasteiger partial charge in [0.25, 0.3) is 0 Å². The molecule has 0 spiro atoms. The molecule has 0 aromatic heterocycles. The molecule has 3 heteroatoms. The SMILES string of the molecule is CC(C)=CCNC1COC(C)(C)OC1. The predicted octanol–water partition coefficient (Wildman–Crippen LogP) is 1.69. The molecular weight excluding hydrogens is 178 g/mol. The molecule has 14 heavy (non-hydrogen) atoms. The van der Waals surface area contributed by atoms with Crippen molar-refractivity contribution in [3.8, 4) is 0 Å². The Morgan fingerprint density at radius 3 is 2.43 bits per heavy atom. The molecule has 0 amide bonds. The van der Waals surface area contributed by atoms with E-state index in [2.05, 4.69) is 25.2 Å². The smallest absolute Gasteiger partial charge is 0.162 e. The Kier molecular flexibility index (Phi) is 4.11. The number of hydrogen-bond donors (Lipinski definition) is 1. The molecule has 0 unspecified atom stereocenters. The van der Waals surface area contributed by atoms with E-state index in [0.29, 0.717) is 6.04 Å². The molecule has 0 saturated carbocycles. The van der Waals surface area contributed by atoms with Crippen LogP contribution in [-0.2, 0) is 9.47 Å². The highest BCUT2D eigenvalue weighted by Crippen LogP contribution is 2.16. The van der Waals surface area contributed by atoms with Crippen LogP contribution in [-0.4, -0.2) is 31.6 Å². The molecular formula is C11H21NO2. The van der Waals surface area contributed by atoms with Gasteiger partial charge in [-0.25, -0.2) is 0 Å². The number of ether oxygens (including phenoxy) is 2. The van der Waals surface area contributed by atoms with Crippen molar-refractivity contribution in [1.82, 2.24) is 5.32 Å². The molecule has 1 aliphatic rings. The van der Waals surface area contributed by atoms with E-state index in [9.17, 15) is 0 Å². The molecule has 0 aliphatic carbocycles. The monoisotopic (exact) mass is 199 g/mol. The minimum Gasteiger partial charge on any atom is -0.349 e. The summed E-state index contributed by atoms with van der Waals surface area (Å²) >= 11 is 0. The van der Waals surface area contributed by atoms with Crippen molar-refractivity contribution in [2.45, 2.75) is 39.5 Å². The van der Waals surface area contributed by atoms with Crippen LogP contribution in [0, 0.1) is 0 Å². The predicted molar refractivity (Wildman–Crippen MR) is 57.2 cm³/mol. The summed E-state index contributed by atoms with van der Waals surface area (Å²) in [5.74, 6) is -0.408. The van der Waals surface area contributed by atoms with E-state index < -0.39 is 5.79 Å². The van der Waals surface area contributed by atoms with Gasteiger partial charge in [0.05, 0.1) is 19.3 Å². The lowest BCUT2D eigenvalue weighted by Crippen LogP contribution is -2.48. The summed E-state index contributed by atoms with van der Waals surface area (Å²) in [4.78, 5) is 0. The molecule has 82 valence electrons. The maximum atomic E-state index is 5.53. The van der Waals surface area contributed by atoms with E-state index in [-0.39, 0.29) is 0 Å². The summed E-state index contributed by atoms with van der Waals surface area (Å²) in [6, 6.07) is 0.318. The maximum absolute atomic E-state index is 5.53. The Bertz CT molecular complexity index is 197. The Labute approximate surface area is 86.5 Å². The molecule has 0 bridgehead atoms. The van der Waals surface area contributed by atoms with Gasteiger partial charge in [-0.05, 0) is 27.7 Å². The standard InChI is InChI=1S/C11H21NO2/c1-9(2)5-6-12-10-7-13-11(3,4)14-8-10/h5,10,12H,6-8H2,1-4H3. The summed E-state index contributed by atoms with van der Waals surface area (Å²) in [5, 5.41) is 3.36. The fourth-order valence-corrected chi connectivity index (χ4v) is 1.24. The van der Waals surface area contributed by atoms with Crippen molar-refractivity contribution in [3.05, 3.63) is 11.6 Å². The minimum absolute atomic E-state index is 0.318.